The van der Waals surface area contributed by atoms with Crippen molar-refractivity contribution >= 4 is 22.9 Å². The van der Waals surface area contributed by atoms with Gasteiger partial charge in [0.1, 0.15) is 5.92 Å². The van der Waals surface area contributed by atoms with Crippen molar-refractivity contribution in [2.75, 3.05) is 14.2 Å². The summed E-state index contributed by atoms with van der Waals surface area (Å²) in [4.78, 5) is 32.4. The van der Waals surface area contributed by atoms with Crippen LogP contribution in [0, 0.1) is 16.0 Å². The van der Waals surface area contributed by atoms with Gasteiger partial charge in [-0.1, -0.05) is 12.1 Å². The first-order chi connectivity index (χ1) is 13.9. The molecule has 2 atom stereocenters. The van der Waals surface area contributed by atoms with Gasteiger partial charge in [-0.05, 0) is 37.1 Å². The van der Waals surface area contributed by atoms with E-state index in [4.69, 9.17) is 9.47 Å². The lowest BCUT2D eigenvalue weighted by Crippen LogP contribution is -2.33. The van der Waals surface area contributed by atoms with Crippen molar-refractivity contribution in [1.82, 2.24) is 4.98 Å². The highest BCUT2D eigenvalue weighted by molar-refractivity contribution is 6.06. The Morgan fingerprint density at radius 1 is 1.17 bits per heavy atom. The third-order valence-corrected chi connectivity index (χ3v) is 4.98. The van der Waals surface area contributed by atoms with Crippen molar-refractivity contribution in [2.45, 2.75) is 19.8 Å². The molecule has 0 radical (unpaired) electrons. The van der Waals surface area contributed by atoms with Gasteiger partial charge in [0.05, 0.1) is 19.1 Å². The Kier molecular flexibility index (Phi) is 5.72. The Bertz CT molecular complexity index is 1030. The zero-order chi connectivity index (χ0) is 21.1. The number of rotatable bonds is 5. The minimum absolute atomic E-state index is 0.0542. The number of non-ortho nitro benzene ring substituents is 1. The summed E-state index contributed by atoms with van der Waals surface area (Å²) in [5.41, 5.74) is 3.22. The molecule has 0 fully saturated rings. The quantitative estimate of drug-likeness (QED) is 0.433. The molecule has 3 rings (SSSR count). The molecule has 1 aliphatic rings. The molecule has 2 unspecified atom stereocenters. The number of nitro groups is 1. The fourth-order valence-electron chi connectivity index (χ4n) is 3.77. The molecule has 150 valence electrons. The molecule has 29 heavy (non-hydrogen) atoms. The lowest BCUT2D eigenvalue weighted by molar-refractivity contribution is -0.384. The number of pyridine rings is 1. The summed E-state index contributed by atoms with van der Waals surface area (Å²) in [6.07, 6.45) is 1.61. The van der Waals surface area contributed by atoms with Crippen LogP contribution in [0.15, 0.2) is 53.3 Å². The summed E-state index contributed by atoms with van der Waals surface area (Å²) in [6, 6.07) is 9.87. The lowest BCUT2D eigenvalue weighted by atomic mass is 9.73. The van der Waals surface area contributed by atoms with Gasteiger partial charge in [0, 0.05) is 41.2 Å². The van der Waals surface area contributed by atoms with Gasteiger partial charge in [0.2, 0.25) is 5.88 Å². The molecule has 0 saturated heterocycles. The highest BCUT2D eigenvalue weighted by Gasteiger charge is 2.40. The zero-order valence-electron chi connectivity index (χ0n) is 16.6. The van der Waals surface area contributed by atoms with Gasteiger partial charge in [-0.15, -0.1) is 0 Å². The van der Waals surface area contributed by atoms with Crippen molar-refractivity contribution in [3.05, 3.63) is 69.5 Å². The van der Waals surface area contributed by atoms with Gasteiger partial charge in [-0.2, -0.15) is 0 Å². The first-order valence-corrected chi connectivity index (χ1v) is 8.96. The number of nitro benzene ring substituents is 1. The summed E-state index contributed by atoms with van der Waals surface area (Å²) in [7, 11) is 2.83. The number of aliphatic imine (C=N–C) groups is 1. The van der Waals surface area contributed by atoms with E-state index in [1.807, 2.05) is 13.0 Å². The molecule has 2 heterocycles. The molecule has 1 aliphatic heterocycles. The Hall–Kier alpha value is -3.55. The van der Waals surface area contributed by atoms with Gasteiger partial charge in [0.25, 0.3) is 5.69 Å². The average molecular weight is 395 g/mol. The Morgan fingerprint density at radius 2 is 1.93 bits per heavy atom. The summed E-state index contributed by atoms with van der Waals surface area (Å²) >= 11 is 0. The topological polar surface area (TPSA) is 104 Å². The SMILES string of the molecule is COC(=O)C1C(C)=NC(C)=C(c2cccnc2OC)C1c1cccc([N+](=O)[O-])c1. The third-order valence-electron chi connectivity index (χ3n) is 4.98. The Morgan fingerprint density at radius 3 is 2.59 bits per heavy atom. The Balaban J connectivity index is 2.30. The number of carbonyl (C=O) groups excluding carboxylic acids is 1. The number of esters is 1. The number of hydrogen-bond donors (Lipinski definition) is 0. The van der Waals surface area contributed by atoms with Crippen LogP contribution in [0.25, 0.3) is 5.57 Å². The second-order valence-corrected chi connectivity index (χ2v) is 6.64. The van der Waals surface area contributed by atoms with E-state index in [2.05, 4.69) is 9.98 Å². The summed E-state index contributed by atoms with van der Waals surface area (Å²) in [6.45, 7) is 3.59. The fourth-order valence-corrected chi connectivity index (χ4v) is 3.77. The smallest absolute Gasteiger partial charge is 0.315 e. The van der Waals surface area contributed by atoms with Crippen LogP contribution in [0.4, 0.5) is 5.69 Å². The van der Waals surface area contributed by atoms with Crippen molar-refractivity contribution in [1.29, 1.82) is 0 Å². The molecule has 0 amide bonds. The minimum Gasteiger partial charge on any atom is -0.481 e. The largest absolute Gasteiger partial charge is 0.481 e. The Labute approximate surface area is 168 Å². The van der Waals surface area contributed by atoms with E-state index < -0.39 is 22.7 Å². The fraction of sp³-hybridized carbons (Fsp3) is 0.286. The molecular formula is C21H21N3O5. The summed E-state index contributed by atoms with van der Waals surface area (Å²) < 4.78 is 10.5. The number of nitrogens with zero attached hydrogens (tertiary/aromatic N) is 3. The average Bonchev–Trinajstić information content (AvgIpc) is 2.72. The minimum atomic E-state index is -0.731. The molecule has 0 saturated carbocycles. The molecule has 0 N–H and O–H groups in total. The predicted molar refractivity (Wildman–Crippen MR) is 108 cm³/mol. The first-order valence-electron chi connectivity index (χ1n) is 8.96. The van der Waals surface area contributed by atoms with E-state index in [1.165, 1.54) is 26.4 Å². The highest BCUT2D eigenvalue weighted by atomic mass is 16.6. The van der Waals surface area contributed by atoms with Gasteiger partial charge >= 0.3 is 5.97 Å². The number of hydrogen-bond acceptors (Lipinski definition) is 7. The standard InChI is InChI=1S/C21H21N3O5/c1-12-17(16-9-6-10-22-20(16)28-3)19(18(13(2)23-12)21(25)29-4)14-7-5-8-15(11-14)24(26)27/h5-11,18-19H,1-4H3. The maximum Gasteiger partial charge on any atom is 0.315 e. The van der Waals surface area contributed by atoms with E-state index >= 15 is 0 Å². The molecule has 0 bridgehead atoms. The number of ether oxygens (including phenoxy) is 2. The number of benzene rings is 1. The van der Waals surface area contributed by atoms with Crippen LogP contribution >= 0.6 is 0 Å². The van der Waals surface area contributed by atoms with E-state index in [1.54, 1.807) is 31.3 Å². The molecule has 0 aliphatic carbocycles. The van der Waals surface area contributed by atoms with Crippen LogP contribution in [0.1, 0.15) is 30.9 Å². The van der Waals surface area contributed by atoms with Crippen LogP contribution in [-0.4, -0.2) is 35.8 Å². The van der Waals surface area contributed by atoms with Gasteiger partial charge in [-0.25, -0.2) is 4.98 Å². The number of methoxy groups -OCH3 is 2. The number of aromatic nitrogens is 1. The van der Waals surface area contributed by atoms with Gasteiger partial charge in [-0.3, -0.25) is 19.9 Å². The van der Waals surface area contributed by atoms with Gasteiger partial charge in [0.15, 0.2) is 0 Å². The monoisotopic (exact) mass is 395 g/mol. The van der Waals surface area contributed by atoms with E-state index in [-0.39, 0.29) is 5.69 Å². The molecule has 8 nitrogen and oxygen atoms in total. The zero-order valence-corrected chi connectivity index (χ0v) is 16.6. The molecular weight excluding hydrogens is 374 g/mol. The van der Waals surface area contributed by atoms with Crippen molar-refractivity contribution < 1.29 is 19.2 Å². The maximum atomic E-state index is 12.7. The van der Waals surface area contributed by atoms with Crippen LogP contribution in [-0.2, 0) is 9.53 Å². The second kappa shape index (κ2) is 8.22. The molecule has 1 aromatic carbocycles. The number of allylic oxidation sites excluding steroid dienone is 2. The van der Waals surface area contributed by atoms with Crippen LogP contribution in [0.5, 0.6) is 5.88 Å². The molecule has 2 aromatic rings. The molecule has 1 aromatic heterocycles. The summed E-state index contributed by atoms with van der Waals surface area (Å²) in [5.74, 6) is -1.35. The highest BCUT2D eigenvalue weighted by Crippen LogP contribution is 2.46. The second-order valence-electron chi connectivity index (χ2n) is 6.64. The number of carbonyl (C=O) groups is 1. The van der Waals surface area contributed by atoms with Crippen molar-refractivity contribution in [3.63, 3.8) is 0 Å². The molecule has 0 spiro atoms. The van der Waals surface area contributed by atoms with Crippen LogP contribution < -0.4 is 4.74 Å². The normalized spacial score (nSPS) is 18.8. The molecule has 8 heteroatoms. The van der Waals surface area contributed by atoms with E-state index in [0.29, 0.717) is 28.4 Å². The van der Waals surface area contributed by atoms with E-state index in [9.17, 15) is 14.9 Å². The van der Waals surface area contributed by atoms with E-state index in [0.717, 1.165) is 5.57 Å². The van der Waals surface area contributed by atoms with Crippen molar-refractivity contribution in [3.8, 4) is 5.88 Å². The van der Waals surface area contributed by atoms with Crippen molar-refractivity contribution in [2.24, 2.45) is 10.9 Å². The lowest BCUT2D eigenvalue weighted by Gasteiger charge is -2.32. The van der Waals surface area contributed by atoms with Crippen LogP contribution in [0.3, 0.4) is 0 Å². The predicted octanol–water partition coefficient (Wildman–Crippen LogP) is 3.78. The summed E-state index contributed by atoms with van der Waals surface area (Å²) in [5, 5.41) is 11.3. The maximum absolute atomic E-state index is 12.7. The third kappa shape index (κ3) is 3.73. The first kappa shape index (κ1) is 20.2. The van der Waals surface area contributed by atoms with Crippen LogP contribution in [0.2, 0.25) is 0 Å². The van der Waals surface area contributed by atoms with Gasteiger partial charge < -0.3 is 9.47 Å².